The number of anilines is 1. The van der Waals surface area contributed by atoms with E-state index in [2.05, 4.69) is 15.0 Å². The summed E-state index contributed by atoms with van der Waals surface area (Å²) in [6, 6.07) is 9.82. The summed E-state index contributed by atoms with van der Waals surface area (Å²) in [5.41, 5.74) is 10.7. The highest BCUT2D eigenvalue weighted by atomic mass is 16.5. The van der Waals surface area contributed by atoms with Gasteiger partial charge in [-0.25, -0.2) is 9.97 Å². The van der Waals surface area contributed by atoms with Gasteiger partial charge in [-0.15, -0.1) is 0 Å². The van der Waals surface area contributed by atoms with Crippen LogP contribution in [0.5, 0.6) is 0 Å². The van der Waals surface area contributed by atoms with Crippen molar-refractivity contribution in [2.24, 2.45) is 0 Å². The molecule has 0 saturated carbocycles. The van der Waals surface area contributed by atoms with Crippen LogP contribution in [0.4, 0.5) is 5.95 Å². The number of hydrogen-bond donors (Lipinski definition) is 2. The number of nitrogens with two attached hydrogens (primary N) is 1. The van der Waals surface area contributed by atoms with Crippen molar-refractivity contribution in [2.45, 2.75) is 0 Å². The molecular formula is C19H18N6O2. The highest BCUT2D eigenvalue weighted by molar-refractivity contribution is 5.93. The lowest BCUT2D eigenvalue weighted by Crippen LogP contribution is -2.41. The number of imidazole rings is 2. The van der Waals surface area contributed by atoms with Gasteiger partial charge in [0.05, 0.1) is 30.4 Å². The van der Waals surface area contributed by atoms with Crippen molar-refractivity contribution < 1.29 is 9.53 Å². The highest BCUT2D eigenvalue weighted by Crippen LogP contribution is 2.25. The molecular weight excluding hydrogens is 344 g/mol. The van der Waals surface area contributed by atoms with Crippen LogP contribution in [-0.2, 0) is 4.74 Å². The average molecular weight is 362 g/mol. The molecule has 0 radical (unpaired) electrons. The lowest BCUT2D eigenvalue weighted by molar-refractivity contribution is 0.0298. The Hall–Kier alpha value is -3.39. The van der Waals surface area contributed by atoms with Crippen LogP contribution in [0.25, 0.3) is 27.8 Å². The maximum atomic E-state index is 12.9. The number of morpholine rings is 1. The number of aromatic amines is 1. The van der Waals surface area contributed by atoms with Crippen molar-refractivity contribution in [3.8, 4) is 11.1 Å². The summed E-state index contributed by atoms with van der Waals surface area (Å²) < 4.78 is 7.18. The first kappa shape index (κ1) is 15.8. The molecule has 3 aromatic heterocycles. The minimum absolute atomic E-state index is 0.0280. The smallest absolute Gasteiger partial charge is 0.272 e. The van der Waals surface area contributed by atoms with Gasteiger partial charge in [-0.1, -0.05) is 6.07 Å². The topological polar surface area (TPSA) is 102 Å². The zero-order valence-electron chi connectivity index (χ0n) is 14.6. The molecule has 0 aliphatic carbocycles. The van der Waals surface area contributed by atoms with Crippen LogP contribution < -0.4 is 5.73 Å². The lowest BCUT2D eigenvalue weighted by Gasteiger charge is -2.26. The Bertz CT molecular complexity index is 1160. The first-order chi connectivity index (χ1) is 13.2. The molecule has 1 aromatic carbocycles. The van der Waals surface area contributed by atoms with Crippen LogP contribution in [0.1, 0.15) is 10.5 Å². The third-order valence-corrected chi connectivity index (χ3v) is 4.86. The lowest BCUT2D eigenvalue weighted by atomic mass is 10.1. The van der Waals surface area contributed by atoms with E-state index in [-0.39, 0.29) is 5.91 Å². The number of pyridine rings is 1. The van der Waals surface area contributed by atoms with Gasteiger partial charge in [-0.3, -0.25) is 9.20 Å². The number of carbonyl (C=O) groups is 1. The van der Waals surface area contributed by atoms with Crippen molar-refractivity contribution in [3.63, 3.8) is 0 Å². The number of carbonyl (C=O) groups excluding carboxylic acids is 1. The fourth-order valence-corrected chi connectivity index (χ4v) is 3.45. The molecule has 4 aromatic rings. The second-order valence-corrected chi connectivity index (χ2v) is 6.55. The Kier molecular flexibility index (Phi) is 3.58. The monoisotopic (exact) mass is 362 g/mol. The number of ether oxygens (including phenoxy) is 1. The maximum Gasteiger partial charge on any atom is 0.272 e. The molecule has 8 heteroatoms. The summed E-state index contributed by atoms with van der Waals surface area (Å²) in [5.74, 6) is 0.366. The third kappa shape index (κ3) is 2.70. The molecule has 0 spiro atoms. The molecule has 1 saturated heterocycles. The van der Waals surface area contributed by atoms with E-state index in [1.807, 2.05) is 40.9 Å². The molecule has 1 aliphatic rings. The van der Waals surface area contributed by atoms with Crippen molar-refractivity contribution in [3.05, 3.63) is 48.4 Å². The van der Waals surface area contributed by atoms with Gasteiger partial charge in [-0.2, -0.15) is 0 Å². The predicted octanol–water partition coefficient (Wildman–Crippen LogP) is 1.93. The number of rotatable bonds is 2. The molecule has 5 rings (SSSR count). The molecule has 27 heavy (non-hydrogen) atoms. The Balaban J connectivity index is 1.56. The number of hydrogen-bond acceptors (Lipinski definition) is 5. The van der Waals surface area contributed by atoms with Crippen LogP contribution >= 0.6 is 0 Å². The summed E-state index contributed by atoms with van der Waals surface area (Å²) in [5, 5.41) is 0. The third-order valence-electron chi connectivity index (χ3n) is 4.86. The maximum absolute atomic E-state index is 12.9. The largest absolute Gasteiger partial charge is 0.378 e. The predicted molar refractivity (Wildman–Crippen MR) is 101 cm³/mol. The second kappa shape index (κ2) is 6.10. The van der Waals surface area contributed by atoms with E-state index in [4.69, 9.17) is 10.5 Å². The van der Waals surface area contributed by atoms with Gasteiger partial charge in [0.2, 0.25) is 0 Å². The molecule has 3 N–H and O–H groups in total. The van der Waals surface area contributed by atoms with Crippen LogP contribution in [-0.4, -0.2) is 56.5 Å². The van der Waals surface area contributed by atoms with Gasteiger partial charge >= 0.3 is 0 Å². The number of amides is 1. The zero-order chi connectivity index (χ0) is 18.4. The van der Waals surface area contributed by atoms with Gasteiger partial charge < -0.3 is 20.4 Å². The van der Waals surface area contributed by atoms with E-state index in [1.165, 1.54) is 0 Å². The molecule has 1 fully saturated rings. The average Bonchev–Trinajstić information content (AvgIpc) is 3.29. The SMILES string of the molecule is Nc1nc2ccc(-c3ccc4ncc(C(=O)N5CCOCC5)n4c3)cc2[nH]1. The quantitative estimate of drug-likeness (QED) is 0.567. The van der Waals surface area contributed by atoms with Gasteiger partial charge in [0.15, 0.2) is 5.95 Å². The molecule has 0 atom stereocenters. The van der Waals surface area contributed by atoms with Crippen molar-refractivity contribution >= 4 is 28.5 Å². The van der Waals surface area contributed by atoms with Crippen LogP contribution in [0.15, 0.2) is 42.7 Å². The van der Waals surface area contributed by atoms with E-state index in [0.29, 0.717) is 37.9 Å². The van der Waals surface area contributed by atoms with Crippen LogP contribution in [0, 0.1) is 0 Å². The van der Waals surface area contributed by atoms with E-state index in [1.54, 1.807) is 11.1 Å². The van der Waals surface area contributed by atoms with Gasteiger partial charge in [0.1, 0.15) is 11.3 Å². The Labute approximate surface area is 154 Å². The van der Waals surface area contributed by atoms with Crippen LogP contribution in [0.3, 0.4) is 0 Å². The molecule has 0 bridgehead atoms. The Morgan fingerprint density at radius 1 is 1.15 bits per heavy atom. The minimum Gasteiger partial charge on any atom is -0.378 e. The number of nitrogen functional groups attached to an aromatic ring is 1. The second-order valence-electron chi connectivity index (χ2n) is 6.55. The minimum atomic E-state index is -0.0280. The van der Waals surface area contributed by atoms with E-state index in [9.17, 15) is 4.79 Å². The normalized spacial score (nSPS) is 14.9. The number of H-pyrrole nitrogens is 1. The van der Waals surface area contributed by atoms with E-state index >= 15 is 0 Å². The summed E-state index contributed by atoms with van der Waals surface area (Å²) in [6.45, 7) is 2.34. The van der Waals surface area contributed by atoms with Crippen molar-refractivity contribution in [1.82, 2.24) is 24.3 Å². The first-order valence-electron chi connectivity index (χ1n) is 8.79. The summed E-state index contributed by atoms with van der Waals surface area (Å²) in [7, 11) is 0. The number of nitrogens with one attached hydrogen (secondary N) is 1. The van der Waals surface area contributed by atoms with Crippen molar-refractivity contribution in [2.75, 3.05) is 32.0 Å². The molecule has 1 aliphatic heterocycles. The number of nitrogens with zero attached hydrogens (tertiary/aromatic N) is 4. The molecule has 8 nitrogen and oxygen atoms in total. The van der Waals surface area contributed by atoms with Gasteiger partial charge in [-0.05, 0) is 35.4 Å². The summed E-state index contributed by atoms with van der Waals surface area (Å²) >= 11 is 0. The number of benzene rings is 1. The fourth-order valence-electron chi connectivity index (χ4n) is 3.45. The zero-order valence-corrected chi connectivity index (χ0v) is 14.6. The molecule has 4 heterocycles. The standard InChI is InChI=1S/C19H18N6O2/c20-19-22-14-3-1-12(9-15(14)23-19)13-2-4-17-21-10-16(25(17)11-13)18(26)24-5-7-27-8-6-24/h1-4,9-11H,5-8H2,(H3,20,22,23). The Morgan fingerprint density at radius 3 is 2.81 bits per heavy atom. The van der Waals surface area contributed by atoms with E-state index in [0.717, 1.165) is 27.8 Å². The first-order valence-corrected chi connectivity index (χ1v) is 8.79. The number of fused-ring (bicyclic) bond motifs is 2. The van der Waals surface area contributed by atoms with Crippen LogP contribution in [0.2, 0.25) is 0 Å². The molecule has 136 valence electrons. The fraction of sp³-hybridized carbons (Fsp3) is 0.211. The molecule has 0 unspecified atom stereocenters. The van der Waals surface area contributed by atoms with E-state index < -0.39 is 0 Å². The summed E-state index contributed by atoms with van der Waals surface area (Å²) in [6.07, 6.45) is 3.58. The Morgan fingerprint density at radius 2 is 1.96 bits per heavy atom. The molecule has 1 amide bonds. The van der Waals surface area contributed by atoms with Gasteiger partial charge in [0.25, 0.3) is 5.91 Å². The highest BCUT2D eigenvalue weighted by Gasteiger charge is 2.21. The number of aromatic nitrogens is 4. The van der Waals surface area contributed by atoms with Gasteiger partial charge in [0, 0.05) is 19.3 Å². The van der Waals surface area contributed by atoms with Crippen molar-refractivity contribution in [1.29, 1.82) is 0 Å². The summed E-state index contributed by atoms with van der Waals surface area (Å²) in [4.78, 5) is 26.3.